The summed E-state index contributed by atoms with van der Waals surface area (Å²) in [6.07, 6.45) is 2.73. The molecule has 3 rings (SSSR count). The molecule has 0 amide bonds. The van der Waals surface area contributed by atoms with Gasteiger partial charge < -0.3 is 9.52 Å². The van der Waals surface area contributed by atoms with E-state index in [1.165, 1.54) is 0 Å². The Labute approximate surface area is 147 Å². The van der Waals surface area contributed by atoms with Crippen LogP contribution in [0.2, 0.25) is 5.02 Å². The monoisotopic (exact) mass is 349 g/mol. The predicted octanol–water partition coefficient (Wildman–Crippen LogP) is 2.88. The number of halogens is 1. The van der Waals surface area contributed by atoms with E-state index in [2.05, 4.69) is 21.7 Å². The SMILES string of the molecule is CCC(CO)N1CCN(Cc2ncc(-c3ccccc3Cl)o2)CC1. The second kappa shape index (κ2) is 8.12. The van der Waals surface area contributed by atoms with Gasteiger partial charge in [-0.2, -0.15) is 0 Å². The molecule has 5 nitrogen and oxygen atoms in total. The van der Waals surface area contributed by atoms with Crippen LogP contribution in [0.4, 0.5) is 0 Å². The lowest BCUT2D eigenvalue weighted by Gasteiger charge is -2.37. The van der Waals surface area contributed by atoms with Gasteiger partial charge in [0.05, 0.1) is 24.4 Å². The van der Waals surface area contributed by atoms with E-state index in [4.69, 9.17) is 16.0 Å². The average Bonchev–Trinajstić information content (AvgIpc) is 3.06. The molecule has 1 aromatic heterocycles. The van der Waals surface area contributed by atoms with Crippen LogP contribution in [0, 0.1) is 0 Å². The molecule has 130 valence electrons. The van der Waals surface area contributed by atoms with Gasteiger partial charge in [0.15, 0.2) is 5.76 Å². The molecule has 1 saturated heterocycles. The first kappa shape index (κ1) is 17.4. The topological polar surface area (TPSA) is 52.7 Å². The second-order valence-electron chi connectivity index (χ2n) is 6.15. The summed E-state index contributed by atoms with van der Waals surface area (Å²) in [5.41, 5.74) is 0.872. The van der Waals surface area contributed by atoms with Crippen LogP contribution in [-0.4, -0.2) is 58.7 Å². The zero-order valence-corrected chi connectivity index (χ0v) is 14.7. The van der Waals surface area contributed by atoms with Crippen LogP contribution in [0.25, 0.3) is 11.3 Å². The summed E-state index contributed by atoms with van der Waals surface area (Å²) in [7, 11) is 0. The number of nitrogens with zero attached hydrogens (tertiary/aromatic N) is 3. The molecule has 1 aromatic carbocycles. The van der Waals surface area contributed by atoms with Gasteiger partial charge in [-0.25, -0.2) is 4.98 Å². The second-order valence-corrected chi connectivity index (χ2v) is 6.56. The van der Waals surface area contributed by atoms with Crippen molar-refractivity contribution in [3.63, 3.8) is 0 Å². The van der Waals surface area contributed by atoms with E-state index in [0.717, 1.165) is 38.2 Å². The molecule has 1 aliphatic rings. The van der Waals surface area contributed by atoms with Gasteiger partial charge in [0.25, 0.3) is 0 Å². The lowest BCUT2D eigenvalue weighted by molar-refractivity contribution is 0.0577. The fourth-order valence-corrected chi connectivity index (χ4v) is 3.38. The number of benzene rings is 1. The van der Waals surface area contributed by atoms with Crippen molar-refractivity contribution in [2.45, 2.75) is 25.9 Å². The van der Waals surface area contributed by atoms with E-state index in [0.29, 0.717) is 23.2 Å². The highest BCUT2D eigenvalue weighted by Gasteiger charge is 2.23. The minimum absolute atomic E-state index is 0.234. The van der Waals surface area contributed by atoms with E-state index < -0.39 is 0 Å². The largest absolute Gasteiger partial charge is 0.439 e. The van der Waals surface area contributed by atoms with Crippen molar-refractivity contribution in [2.24, 2.45) is 0 Å². The standard InChI is InChI=1S/C18H24ClN3O2/c1-2-14(13-23)22-9-7-21(8-10-22)12-18-20-11-17(24-18)15-5-3-4-6-16(15)19/h3-6,11,14,23H,2,7-10,12-13H2,1H3. The van der Waals surface area contributed by atoms with Crippen molar-refractivity contribution in [1.29, 1.82) is 0 Å². The van der Waals surface area contributed by atoms with Gasteiger partial charge in [-0.3, -0.25) is 9.80 Å². The van der Waals surface area contributed by atoms with Crippen molar-refractivity contribution in [3.05, 3.63) is 41.4 Å². The van der Waals surface area contributed by atoms with Gasteiger partial charge in [-0.05, 0) is 18.6 Å². The van der Waals surface area contributed by atoms with E-state index in [1.54, 1.807) is 6.20 Å². The van der Waals surface area contributed by atoms with Crippen molar-refractivity contribution >= 4 is 11.6 Å². The minimum atomic E-state index is 0.234. The third-order valence-electron chi connectivity index (χ3n) is 4.66. The lowest BCUT2D eigenvalue weighted by Crippen LogP contribution is -2.50. The Kier molecular flexibility index (Phi) is 5.89. The summed E-state index contributed by atoms with van der Waals surface area (Å²) >= 11 is 6.21. The zero-order chi connectivity index (χ0) is 16.9. The van der Waals surface area contributed by atoms with Gasteiger partial charge in [0, 0.05) is 37.8 Å². The first-order valence-electron chi connectivity index (χ1n) is 8.48. The Morgan fingerprint density at radius 1 is 1.25 bits per heavy atom. The van der Waals surface area contributed by atoms with E-state index in [-0.39, 0.29) is 12.6 Å². The van der Waals surface area contributed by atoms with Gasteiger partial charge in [0.1, 0.15) is 0 Å². The minimum Gasteiger partial charge on any atom is -0.439 e. The highest BCUT2D eigenvalue weighted by atomic mass is 35.5. The lowest BCUT2D eigenvalue weighted by atomic mass is 10.1. The number of aromatic nitrogens is 1. The highest BCUT2D eigenvalue weighted by Crippen LogP contribution is 2.28. The number of aliphatic hydroxyl groups excluding tert-OH is 1. The van der Waals surface area contributed by atoms with Crippen LogP contribution in [-0.2, 0) is 6.54 Å². The van der Waals surface area contributed by atoms with Crippen LogP contribution in [0.5, 0.6) is 0 Å². The maximum absolute atomic E-state index is 9.42. The normalized spacial score (nSPS) is 18.0. The summed E-state index contributed by atoms with van der Waals surface area (Å²) in [4.78, 5) is 9.09. The Morgan fingerprint density at radius 3 is 2.67 bits per heavy atom. The Bertz CT molecular complexity index is 649. The fourth-order valence-electron chi connectivity index (χ4n) is 3.15. The number of rotatable bonds is 6. The quantitative estimate of drug-likeness (QED) is 0.869. The summed E-state index contributed by atoms with van der Waals surface area (Å²) in [6, 6.07) is 7.90. The molecule has 0 bridgehead atoms. The molecule has 0 aliphatic carbocycles. The molecule has 1 atom stereocenters. The van der Waals surface area contributed by atoms with Gasteiger partial charge in [-0.1, -0.05) is 30.7 Å². The first-order valence-corrected chi connectivity index (χ1v) is 8.86. The Balaban J connectivity index is 1.58. The van der Waals surface area contributed by atoms with Gasteiger partial charge in [-0.15, -0.1) is 0 Å². The molecule has 2 aromatic rings. The number of hydrogen-bond donors (Lipinski definition) is 1. The fraction of sp³-hybridized carbons (Fsp3) is 0.500. The number of aliphatic hydroxyl groups is 1. The van der Waals surface area contributed by atoms with Gasteiger partial charge >= 0.3 is 0 Å². The zero-order valence-electron chi connectivity index (χ0n) is 14.0. The average molecular weight is 350 g/mol. The molecule has 6 heteroatoms. The maximum Gasteiger partial charge on any atom is 0.209 e. The summed E-state index contributed by atoms with van der Waals surface area (Å²) in [6.45, 7) is 6.91. The first-order chi connectivity index (χ1) is 11.7. The van der Waals surface area contributed by atoms with Crippen molar-refractivity contribution in [1.82, 2.24) is 14.8 Å². The van der Waals surface area contributed by atoms with Crippen LogP contribution in [0.15, 0.2) is 34.9 Å². The van der Waals surface area contributed by atoms with Crippen LogP contribution in [0.1, 0.15) is 19.2 Å². The molecule has 0 spiro atoms. The third kappa shape index (κ3) is 3.98. The smallest absolute Gasteiger partial charge is 0.209 e. The van der Waals surface area contributed by atoms with Crippen LogP contribution in [0.3, 0.4) is 0 Å². The summed E-state index contributed by atoms with van der Waals surface area (Å²) < 4.78 is 5.88. The molecule has 1 fully saturated rings. The number of hydrogen-bond acceptors (Lipinski definition) is 5. The van der Waals surface area contributed by atoms with Crippen molar-refractivity contribution in [2.75, 3.05) is 32.8 Å². The molecular formula is C18H24ClN3O2. The number of oxazole rings is 1. The third-order valence-corrected chi connectivity index (χ3v) is 4.99. The molecule has 1 N–H and O–H groups in total. The van der Waals surface area contributed by atoms with Crippen LogP contribution < -0.4 is 0 Å². The number of piperazine rings is 1. The molecule has 2 heterocycles. The van der Waals surface area contributed by atoms with E-state index in [1.807, 2.05) is 24.3 Å². The van der Waals surface area contributed by atoms with E-state index in [9.17, 15) is 5.11 Å². The van der Waals surface area contributed by atoms with Crippen LogP contribution >= 0.6 is 11.6 Å². The van der Waals surface area contributed by atoms with Crippen molar-refractivity contribution in [3.8, 4) is 11.3 Å². The highest BCUT2D eigenvalue weighted by molar-refractivity contribution is 6.33. The molecule has 0 saturated carbocycles. The maximum atomic E-state index is 9.42. The summed E-state index contributed by atoms with van der Waals surface area (Å²) in [5, 5.41) is 10.1. The van der Waals surface area contributed by atoms with Gasteiger partial charge in [0.2, 0.25) is 5.89 Å². The molecule has 1 unspecified atom stereocenters. The molecular weight excluding hydrogens is 326 g/mol. The Morgan fingerprint density at radius 2 is 2.00 bits per heavy atom. The Hall–Kier alpha value is -1.40. The molecule has 24 heavy (non-hydrogen) atoms. The summed E-state index contributed by atoms with van der Waals surface area (Å²) in [5.74, 6) is 1.42. The molecule has 1 aliphatic heterocycles. The predicted molar refractivity (Wildman–Crippen MR) is 95.0 cm³/mol. The van der Waals surface area contributed by atoms with Crippen molar-refractivity contribution < 1.29 is 9.52 Å². The van der Waals surface area contributed by atoms with E-state index >= 15 is 0 Å². The molecule has 0 radical (unpaired) electrons.